The molecule has 178 valence electrons. The summed E-state index contributed by atoms with van der Waals surface area (Å²) in [6.45, 7) is 4.92. The topological polar surface area (TPSA) is 57.5 Å². The molecule has 0 saturated heterocycles. The zero-order valence-electron chi connectivity index (χ0n) is 20.1. The summed E-state index contributed by atoms with van der Waals surface area (Å²) in [4.78, 5) is 17.8. The maximum absolute atomic E-state index is 10.8. The number of fused-ring (bicyclic) bond motifs is 1. The Morgan fingerprint density at radius 2 is 1.27 bits per heavy atom. The molecule has 0 aromatic carbocycles. The summed E-state index contributed by atoms with van der Waals surface area (Å²) in [5.41, 5.74) is 0.612. The van der Waals surface area contributed by atoms with Crippen molar-refractivity contribution in [1.29, 1.82) is 0 Å². The van der Waals surface area contributed by atoms with Crippen molar-refractivity contribution in [3.8, 4) is 0 Å². The predicted octanol–water partition coefficient (Wildman–Crippen LogP) is 8.48. The highest BCUT2D eigenvalue weighted by Gasteiger charge is 2.41. The van der Waals surface area contributed by atoms with Gasteiger partial charge in [0.15, 0.2) is 0 Å². The van der Waals surface area contributed by atoms with Gasteiger partial charge >= 0.3 is 7.60 Å². The van der Waals surface area contributed by atoms with Crippen molar-refractivity contribution in [1.82, 2.24) is 0 Å². The van der Waals surface area contributed by atoms with Gasteiger partial charge in [-0.15, -0.1) is 0 Å². The van der Waals surface area contributed by atoms with Crippen LogP contribution < -0.4 is 0 Å². The highest BCUT2D eigenvalue weighted by Crippen LogP contribution is 2.52. The van der Waals surface area contributed by atoms with Gasteiger partial charge in [-0.2, -0.15) is 0 Å². The summed E-state index contributed by atoms with van der Waals surface area (Å²) in [5.74, 6) is 3.11. The second kappa shape index (κ2) is 13.6. The van der Waals surface area contributed by atoms with E-state index < -0.39 is 7.60 Å². The first-order chi connectivity index (χ1) is 14.4. The van der Waals surface area contributed by atoms with E-state index in [-0.39, 0.29) is 6.16 Å². The lowest BCUT2D eigenvalue weighted by atomic mass is 9.57. The Hall–Kier alpha value is 0.150. The smallest absolute Gasteiger partial charge is 0.324 e. The zero-order valence-corrected chi connectivity index (χ0v) is 21.0. The third-order valence-electron chi connectivity index (χ3n) is 8.94. The van der Waals surface area contributed by atoms with Crippen LogP contribution in [0.1, 0.15) is 136 Å². The summed E-state index contributed by atoms with van der Waals surface area (Å²) in [6.07, 6.45) is 25.6. The summed E-state index contributed by atoms with van der Waals surface area (Å²) >= 11 is 0. The zero-order chi connectivity index (χ0) is 21.9. The lowest BCUT2D eigenvalue weighted by molar-refractivity contribution is 0.0288. The fourth-order valence-corrected chi connectivity index (χ4v) is 7.48. The minimum Gasteiger partial charge on any atom is -0.324 e. The van der Waals surface area contributed by atoms with E-state index >= 15 is 0 Å². The van der Waals surface area contributed by atoms with E-state index in [1.807, 2.05) is 0 Å². The second-order valence-electron chi connectivity index (χ2n) is 10.7. The molecule has 30 heavy (non-hydrogen) atoms. The van der Waals surface area contributed by atoms with Gasteiger partial charge in [0.2, 0.25) is 0 Å². The molecular formula is C26H51O3P. The standard InChI is InChI=1S/C26H51O3P/c1-3-26(4-2,25-19-18-23-16-12-13-17-24(23)22-25)20-14-10-8-6-5-7-9-11-15-21-30(27,28)29/h23-25H,3-22H2,1-2H3,(H2,27,28,29). The van der Waals surface area contributed by atoms with E-state index in [9.17, 15) is 4.57 Å². The van der Waals surface area contributed by atoms with Gasteiger partial charge in [-0.3, -0.25) is 4.57 Å². The Kier molecular flexibility index (Phi) is 12.0. The molecule has 2 N–H and O–H groups in total. The SMILES string of the molecule is CCC(CC)(CCCCCCCCCCCP(=O)(O)O)C1CCC2CCCCC2C1. The van der Waals surface area contributed by atoms with Crippen molar-refractivity contribution >= 4 is 7.60 Å². The molecule has 2 aliphatic carbocycles. The quantitative estimate of drug-likeness (QED) is 0.197. The Bertz CT molecular complexity index is 497. The molecule has 0 aromatic rings. The molecule has 3 atom stereocenters. The molecule has 2 saturated carbocycles. The van der Waals surface area contributed by atoms with E-state index in [2.05, 4.69) is 13.8 Å². The lowest BCUT2D eigenvalue weighted by Crippen LogP contribution is -2.37. The average Bonchev–Trinajstić information content (AvgIpc) is 2.74. The van der Waals surface area contributed by atoms with Crippen molar-refractivity contribution < 1.29 is 14.4 Å². The van der Waals surface area contributed by atoms with Crippen LogP contribution in [-0.2, 0) is 4.57 Å². The third kappa shape index (κ3) is 8.95. The molecule has 0 aliphatic heterocycles. The van der Waals surface area contributed by atoms with Gasteiger partial charge in [0.25, 0.3) is 0 Å². The minimum atomic E-state index is -3.78. The average molecular weight is 443 g/mol. The molecule has 0 radical (unpaired) electrons. The molecule has 4 heteroatoms. The van der Waals surface area contributed by atoms with Crippen LogP contribution in [0.2, 0.25) is 0 Å². The summed E-state index contributed by atoms with van der Waals surface area (Å²) in [5, 5.41) is 0. The molecule has 0 spiro atoms. The molecule has 0 bridgehead atoms. The molecule has 0 amide bonds. The Balaban J connectivity index is 1.58. The van der Waals surface area contributed by atoms with E-state index in [0.29, 0.717) is 11.8 Å². The first-order valence-electron chi connectivity index (χ1n) is 13.4. The normalized spacial score (nSPS) is 25.3. The lowest BCUT2D eigenvalue weighted by Gasteiger charge is -2.48. The predicted molar refractivity (Wildman–Crippen MR) is 129 cm³/mol. The fraction of sp³-hybridized carbons (Fsp3) is 1.00. The van der Waals surface area contributed by atoms with Crippen LogP contribution in [0.4, 0.5) is 0 Å². The van der Waals surface area contributed by atoms with Gasteiger partial charge in [0, 0.05) is 6.16 Å². The molecule has 2 rings (SSSR count). The van der Waals surface area contributed by atoms with E-state index in [0.717, 1.165) is 30.6 Å². The molecule has 0 aromatic heterocycles. The van der Waals surface area contributed by atoms with Gasteiger partial charge in [0.1, 0.15) is 0 Å². The van der Waals surface area contributed by atoms with E-state index in [1.165, 1.54) is 103 Å². The highest BCUT2D eigenvalue weighted by atomic mass is 31.2. The number of hydrogen-bond acceptors (Lipinski definition) is 1. The molecule has 2 aliphatic rings. The van der Waals surface area contributed by atoms with Gasteiger partial charge in [-0.05, 0) is 55.3 Å². The van der Waals surface area contributed by atoms with Crippen molar-refractivity contribution in [2.45, 2.75) is 136 Å². The molecule has 3 nitrogen and oxygen atoms in total. The first kappa shape index (κ1) is 26.4. The van der Waals surface area contributed by atoms with Crippen LogP contribution in [0.3, 0.4) is 0 Å². The van der Waals surface area contributed by atoms with Gasteiger partial charge in [-0.25, -0.2) is 0 Å². The van der Waals surface area contributed by atoms with Gasteiger partial charge in [-0.1, -0.05) is 104 Å². The van der Waals surface area contributed by atoms with Gasteiger partial charge < -0.3 is 9.79 Å². The van der Waals surface area contributed by atoms with Crippen molar-refractivity contribution in [2.24, 2.45) is 23.2 Å². The fourth-order valence-electron chi connectivity index (χ4n) is 6.85. The summed E-state index contributed by atoms with van der Waals surface area (Å²) < 4.78 is 10.8. The maximum Gasteiger partial charge on any atom is 0.325 e. The van der Waals surface area contributed by atoms with Crippen LogP contribution >= 0.6 is 7.60 Å². The Morgan fingerprint density at radius 1 is 0.733 bits per heavy atom. The van der Waals surface area contributed by atoms with Gasteiger partial charge in [0.05, 0.1) is 0 Å². The van der Waals surface area contributed by atoms with Crippen LogP contribution in [0.25, 0.3) is 0 Å². The number of hydrogen-bond donors (Lipinski definition) is 2. The highest BCUT2D eigenvalue weighted by molar-refractivity contribution is 7.51. The number of unbranched alkanes of at least 4 members (excludes halogenated alkanes) is 8. The Morgan fingerprint density at radius 3 is 1.83 bits per heavy atom. The minimum absolute atomic E-state index is 0.0615. The number of rotatable bonds is 15. The second-order valence-corrected chi connectivity index (χ2v) is 12.5. The van der Waals surface area contributed by atoms with E-state index in [1.54, 1.807) is 0 Å². The largest absolute Gasteiger partial charge is 0.325 e. The monoisotopic (exact) mass is 442 g/mol. The maximum atomic E-state index is 10.8. The third-order valence-corrected chi connectivity index (χ3v) is 9.84. The van der Waals surface area contributed by atoms with Crippen LogP contribution in [-0.4, -0.2) is 15.9 Å². The van der Waals surface area contributed by atoms with E-state index in [4.69, 9.17) is 9.79 Å². The van der Waals surface area contributed by atoms with Crippen molar-refractivity contribution in [3.63, 3.8) is 0 Å². The molecule has 2 fully saturated rings. The van der Waals surface area contributed by atoms with Crippen molar-refractivity contribution in [3.05, 3.63) is 0 Å². The van der Waals surface area contributed by atoms with Crippen molar-refractivity contribution in [2.75, 3.05) is 6.16 Å². The molecular weight excluding hydrogens is 391 g/mol. The summed E-state index contributed by atoms with van der Waals surface area (Å²) in [7, 11) is -3.78. The Labute approximate surface area is 187 Å². The van der Waals surface area contributed by atoms with Crippen LogP contribution in [0.15, 0.2) is 0 Å². The molecule has 3 unspecified atom stereocenters. The first-order valence-corrected chi connectivity index (χ1v) is 15.2. The molecule has 0 heterocycles. The van der Waals surface area contributed by atoms with Crippen LogP contribution in [0.5, 0.6) is 0 Å². The van der Waals surface area contributed by atoms with Crippen LogP contribution in [0, 0.1) is 23.2 Å². The summed E-state index contributed by atoms with van der Waals surface area (Å²) in [6, 6.07) is 0.